The standard InChI is InChI=1S/C22H18ClF4N3O3S2/c23-16-10-15(7-8-17(16)24)35(32,33)30-9-1-2-19(30)21(31)28-11-20-29-18(12-34-20)13-3-5-14(6-4-13)22(25,26)27/h3-8,10,12,19H,1-2,9,11H2,(H,28,31)/t19-/m0/s1. The number of rotatable bonds is 6. The Kier molecular flexibility index (Phi) is 7.18. The summed E-state index contributed by atoms with van der Waals surface area (Å²) in [5.74, 6) is -1.26. The number of halogens is 5. The first-order valence-corrected chi connectivity index (χ1v) is 13.0. The van der Waals surface area contributed by atoms with Crippen molar-refractivity contribution in [1.82, 2.24) is 14.6 Å². The van der Waals surface area contributed by atoms with Gasteiger partial charge in [-0.3, -0.25) is 4.79 Å². The SMILES string of the molecule is O=C(NCc1nc(-c2ccc(C(F)(F)F)cc2)cs1)[C@@H]1CCCN1S(=O)(=O)c1ccc(F)c(Cl)c1. The summed E-state index contributed by atoms with van der Waals surface area (Å²) in [4.78, 5) is 16.9. The second-order valence-electron chi connectivity index (χ2n) is 7.77. The highest BCUT2D eigenvalue weighted by Gasteiger charge is 2.39. The van der Waals surface area contributed by atoms with Crippen molar-refractivity contribution in [2.45, 2.75) is 36.5 Å². The Hall–Kier alpha value is -2.54. The van der Waals surface area contributed by atoms with Crippen LogP contribution in [0.1, 0.15) is 23.4 Å². The zero-order valence-corrected chi connectivity index (χ0v) is 20.2. The molecule has 0 saturated carbocycles. The van der Waals surface area contributed by atoms with Gasteiger partial charge in [-0.05, 0) is 43.2 Å². The van der Waals surface area contributed by atoms with Crippen LogP contribution in [-0.2, 0) is 27.5 Å². The molecule has 0 unspecified atom stereocenters. The highest BCUT2D eigenvalue weighted by Crippen LogP contribution is 2.32. The summed E-state index contributed by atoms with van der Waals surface area (Å²) in [6.45, 7) is 0.154. The zero-order valence-electron chi connectivity index (χ0n) is 17.9. The van der Waals surface area contributed by atoms with Gasteiger partial charge in [-0.25, -0.2) is 17.8 Å². The van der Waals surface area contributed by atoms with Gasteiger partial charge in [0.15, 0.2) is 0 Å². The molecule has 0 aliphatic carbocycles. The lowest BCUT2D eigenvalue weighted by Crippen LogP contribution is -2.45. The van der Waals surface area contributed by atoms with Gasteiger partial charge in [-0.2, -0.15) is 17.5 Å². The monoisotopic (exact) mass is 547 g/mol. The second kappa shape index (κ2) is 9.84. The normalized spacial score (nSPS) is 17.0. The number of benzene rings is 2. The highest BCUT2D eigenvalue weighted by atomic mass is 35.5. The summed E-state index contributed by atoms with van der Waals surface area (Å²) in [7, 11) is -4.07. The lowest BCUT2D eigenvalue weighted by molar-refractivity contribution is -0.137. The molecule has 1 aromatic heterocycles. The Balaban J connectivity index is 1.42. The molecule has 13 heteroatoms. The number of carbonyl (C=O) groups excluding carboxylic acids is 1. The van der Waals surface area contributed by atoms with E-state index in [1.165, 1.54) is 23.5 Å². The number of alkyl halides is 3. The fourth-order valence-corrected chi connectivity index (χ4v) is 6.37. The number of amides is 1. The van der Waals surface area contributed by atoms with Crippen LogP contribution in [0.5, 0.6) is 0 Å². The van der Waals surface area contributed by atoms with Crippen molar-refractivity contribution >= 4 is 38.9 Å². The minimum absolute atomic E-state index is 0.0247. The smallest absolute Gasteiger partial charge is 0.348 e. The van der Waals surface area contributed by atoms with Gasteiger partial charge >= 0.3 is 6.18 Å². The van der Waals surface area contributed by atoms with Crippen LogP contribution in [0.2, 0.25) is 5.02 Å². The first-order valence-electron chi connectivity index (χ1n) is 10.3. The third kappa shape index (κ3) is 5.50. The molecule has 1 N–H and O–H groups in total. The van der Waals surface area contributed by atoms with Crippen LogP contribution in [-0.4, -0.2) is 36.2 Å². The maximum absolute atomic E-state index is 13.5. The van der Waals surface area contributed by atoms with Crippen LogP contribution in [0, 0.1) is 5.82 Å². The summed E-state index contributed by atoms with van der Waals surface area (Å²) in [5, 5.41) is 4.51. The third-order valence-corrected chi connectivity index (χ3v) is 8.52. The van der Waals surface area contributed by atoms with Crippen molar-refractivity contribution in [2.24, 2.45) is 0 Å². The molecule has 0 bridgehead atoms. The lowest BCUT2D eigenvalue weighted by atomic mass is 10.1. The predicted molar refractivity (Wildman–Crippen MR) is 123 cm³/mol. The third-order valence-electron chi connectivity index (χ3n) is 5.48. The Morgan fingerprint density at radius 3 is 2.57 bits per heavy atom. The second-order valence-corrected chi connectivity index (χ2v) is 11.0. The molecule has 1 aliphatic rings. The van der Waals surface area contributed by atoms with E-state index in [0.717, 1.165) is 34.6 Å². The molecule has 35 heavy (non-hydrogen) atoms. The van der Waals surface area contributed by atoms with Crippen LogP contribution in [0.25, 0.3) is 11.3 Å². The van der Waals surface area contributed by atoms with E-state index in [1.807, 2.05) is 0 Å². The largest absolute Gasteiger partial charge is 0.416 e. The van der Waals surface area contributed by atoms with E-state index in [4.69, 9.17) is 11.6 Å². The van der Waals surface area contributed by atoms with E-state index in [9.17, 15) is 30.8 Å². The summed E-state index contributed by atoms with van der Waals surface area (Å²) in [6.07, 6.45) is -3.64. The Bertz CT molecular complexity index is 1340. The van der Waals surface area contributed by atoms with Crippen molar-refractivity contribution in [3.8, 4) is 11.3 Å². The molecule has 3 aromatic rings. The molecule has 1 aliphatic heterocycles. The Morgan fingerprint density at radius 1 is 1.20 bits per heavy atom. The summed E-state index contributed by atoms with van der Waals surface area (Å²) >= 11 is 6.94. The van der Waals surface area contributed by atoms with Crippen LogP contribution < -0.4 is 5.32 Å². The molecule has 4 rings (SSSR count). The van der Waals surface area contributed by atoms with Crippen molar-refractivity contribution < 1.29 is 30.8 Å². The molecule has 0 radical (unpaired) electrons. The van der Waals surface area contributed by atoms with Gasteiger partial charge in [0.2, 0.25) is 15.9 Å². The number of thiazole rings is 1. The number of hydrogen-bond donors (Lipinski definition) is 1. The van der Waals surface area contributed by atoms with Crippen LogP contribution in [0.3, 0.4) is 0 Å². The first kappa shape index (κ1) is 25.5. The molecule has 6 nitrogen and oxygen atoms in total. The molecule has 1 atom stereocenters. The minimum Gasteiger partial charge on any atom is -0.348 e. The number of carbonyl (C=O) groups is 1. The van der Waals surface area contributed by atoms with Crippen LogP contribution >= 0.6 is 22.9 Å². The lowest BCUT2D eigenvalue weighted by Gasteiger charge is -2.23. The molecule has 2 aromatic carbocycles. The zero-order chi connectivity index (χ0) is 25.4. The quantitative estimate of drug-likeness (QED) is 0.436. The number of aromatic nitrogens is 1. The summed E-state index contributed by atoms with van der Waals surface area (Å²) < 4.78 is 78.8. The van der Waals surface area contributed by atoms with Crippen LogP contribution in [0.15, 0.2) is 52.7 Å². The van der Waals surface area contributed by atoms with E-state index in [-0.39, 0.29) is 23.0 Å². The van der Waals surface area contributed by atoms with Gasteiger partial charge < -0.3 is 5.32 Å². The molecule has 1 saturated heterocycles. The van der Waals surface area contributed by atoms with Crippen molar-refractivity contribution in [2.75, 3.05) is 6.54 Å². The van der Waals surface area contributed by atoms with E-state index >= 15 is 0 Å². The van der Waals surface area contributed by atoms with Gasteiger partial charge in [-0.1, -0.05) is 23.7 Å². The van der Waals surface area contributed by atoms with Gasteiger partial charge in [-0.15, -0.1) is 11.3 Å². The summed E-state index contributed by atoms with van der Waals surface area (Å²) in [5.41, 5.74) is 0.201. The van der Waals surface area contributed by atoms with Crippen molar-refractivity contribution in [3.63, 3.8) is 0 Å². The number of hydrogen-bond acceptors (Lipinski definition) is 5. The molecule has 0 spiro atoms. The molecule has 1 fully saturated rings. The fourth-order valence-electron chi connectivity index (χ4n) is 3.70. The maximum Gasteiger partial charge on any atom is 0.416 e. The Morgan fingerprint density at radius 2 is 1.91 bits per heavy atom. The number of nitrogens with zero attached hydrogens (tertiary/aromatic N) is 2. The molecule has 2 heterocycles. The van der Waals surface area contributed by atoms with Crippen molar-refractivity contribution in [3.05, 3.63) is 69.3 Å². The van der Waals surface area contributed by atoms with E-state index in [2.05, 4.69) is 10.3 Å². The van der Waals surface area contributed by atoms with E-state index in [0.29, 0.717) is 29.1 Å². The number of nitrogens with one attached hydrogen (secondary N) is 1. The van der Waals surface area contributed by atoms with Crippen molar-refractivity contribution in [1.29, 1.82) is 0 Å². The molecular weight excluding hydrogens is 530 g/mol. The van der Waals surface area contributed by atoms with Crippen LogP contribution in [0.4, 0.5) is 17.6 Å². The molecule has 186 valence electrons. The predicted octanol–water partition coefficient (Wildman–Crippen LogP) is 5.09. The van der Waals surface area contributed by atoms with Gasteiger partial charge in [0.1, 0.15) is 16.9 Å². The maximum atomic E-state index is 13.5. The molecule has 1 amide bonds. The van der Waals surface area contributed by atoms with Gasteiger partial charge in [0.25, 0.3) is 0 Å². The Labute approximate surface area is 207 Å². The van der Waals surface area contributed by atoms with Gasteiger partial charge in [0, 0.05) is 17.5 Å². The topological polar surface area (TPSA) is 79.4 Å². The average Bonchev–Trinajstić information content (AvgIpc) is 3.49. The first-order chi connectivity index (χ1) is 16.5. The van der Waals surface area contributed by atoms with E-state index < -0.39 is 39.5 Å². The minimum atomic E-state index is -4.43. The fraction of sp³-hybridized carbons (Fsp3) is 0.273. The van der Waals surface area contributed by atoms with Gasteiger partial charge in [0.05, 0.1) is 27.7 Å². The highest BCUT2D eigenvalue weighted by molar-refractivity contribution is 7.89. The average molecular weight is 548 g/mol. The van der Waals surface area contributed by atoms with E-state index in [1.54, 1.807) is 5.38 Å². The number of sulfonamides is 1. The summed E-state index contributed by atoms with van der Waals surface area (Å²) in [6, 6.07) is 6.71. The molecular formula is C22H18ClF4N3O3S2.